The van der Waals surface area contributed by atoms with E-state index in [-0.39, 0.29) is 19.2 Å². The molecule has 126 valence electrons. The van der Waals surface area contributed by atoms with E-state index in [0.717, 1.165) is 11.3 Å². The van der Waals surface area contributed by atoms with Crippen molar-refractivity contribution in [2.24, 2.45) is 0 Å². The first kappa shape index (κ1) is 16.1. The highest BCUT2D eigenvalue weighted by Crippen LogP contribution is 2.32. The summed E-state index contributed by atoms with van der Waals surface area (Å²) in [5, 5.41) is 12.8. The minimum Gasteiger partial charge on any atom is -0.466 e. The summed E-state index contributed by atoms with van der Waals surface area (Å²) >= 11 is 0. The Morgan fingerprint density at radius 2 is 2.08 bits per heavy atom. The van der Waals surface area contributed by atoms with Crippen molar-refractivity contribution in [3.05, 3.63) is 53.0 Å². The Labute approximate surface area is 139 Å². The second-order valence-corrected chi connectivity index (χ2v) is 5.58. The van der Waals surface area contributed by atoms with Gasteiger partial charge in [-0.2, -0.15) is 0 Å². The Hall–Kier alpha value is -2.73. The molecule has 1 aromatic heterocycles. The average molecular weight is 329 g/mol. The van der Waals surface area contributed by atoms with Crippen molar-refractivity contribution < 1.29 is 23.8 Å². The Bertz CT molecular complexity index is 778. The minimum atomic E-state index is -0.801. The van der Waals surface area contributed by atoms with Gasteiger partial charge in [-0.1, -0.05) is 6.07 Å². The van der Waals surface area contributed by atoms with Crippen molar-refractivity contribution in [3.8, 4) is 11.5 Å². The first-order chi connectivity index (χ1) is 11.5. The number of carbonyl (C=O) groups excluding carboxylic acids is 1. The number of carbonyl (C=O) groups is 1. The summed E-state index contributed by atoms with van der Waals surface area (Å²) in [7, 11) is 0. The van der Waals surface area contributed by atoms with Gasteiger partial charge >= 0.3 is 0 Å². The molecule has 2 heterocycles. The number of aliphatic hydroxyl groups is 1. The molecular weight excluding hydrogens is 310 g/mol. The van der Waals surface area contributed by atoms with Gasteiger partial charge in [0.05, 0.1) is 6.10 Å². The fourth-order valence-corrected chi connectivity index (χ4v) is 2.54. The van der Waals surface area contributed by atoms with Crippen LogP contribution in [0.2, 0.25) is 0 Å². The van der Waals surface area contributed by atoms with Crippen molar-refractivity contribution in [1.82, 2.24) is 5.32 Å². The Morgan fingerprint density at radius 1 is 1.29 bits per heavy atom. The van der Waals surface area contributed by atoms with Gasteiger partial charge in [0.15, 0.2) is 11.5 Å². The number of aryl methyl sites for hydroxylation is 2. The zero-order valence-corrected chi connectivity index (χ0v) is 13.5. The van der Waals surface area contributed by atoms with Gasteiger partial charge in [-0.15, -0.1) is 0 Å². The summed E-state index contributed by atoms with van der Waals surface area (Å²) in [5.74, 6) is 2.47. The molecule has 1 amide bonds. The maximum atomic E-state index is 11.9. The van der Waals surface area contributed by atoms with Crippen LogP contribution in [-0.2, 0) is 4.79 Å². The molecule has 0 radical (unpaired) electrons. The van der Waals surface area contributed by atoms with E-state index in [2.05, 4.69) is 5.32 Å². The van der Waals surface area contributed by atoms with Crippen molar-refractivity contribution >= 4 is 12.0 Å². The zero-order valence-electron chi connectivity index (χ0n) is 13.5. The van der Waals surface area contributed by atoms with Crippen LogP contribution in [-0.4, -0.2) is 24.4 Å². The molecule has 24 heavy (non-hydrogen) atoms. The number of benzene rings is 1. The molecule has 1 aliphatic rings. The van der Waals surface area contributed by atoms with E-state index in [1.807, 2.05) is 13.0 Å². The highest BCUT2D eigenvalue weighted by atomic mass is 16.7. The fourth-order valence-electron chi connectivity index (χ4n) is 2.54. The molecule has 6 heteroatoms. The van der Waals surface area contributed by atoms with Crippen LogP contribution in [0.4, 0.5) is 0 Å². The Kier molecular flexibility index (Phi) is 4.57. The number of rotatable bonds is 5. The molecule has 0 saturated carbocycles. The summed E-state index contributed by atoms with van der Waals surface area (Å²) in [6.07, 6.45) is 2.29. The number of amides is 1. The highest BCUT2D eigenvalue weighted by molar-refractivity contribution is 5.91. The molecule has 1 aliphatic heterocycles. The summed E-state index contributed by atoms with van der Waals surface area (Å²) in [6, 6.07) is 7.21. The third-order valence-electron chi connectivity index (χ3n) is 3.73. The van der Waals surface area contributed by atoms with Crippen LogP contribution in [0.25, 0.3) is 6.08 Å². The molecule has 1 atom stereocenters. The van der Waals surface area contributed by atoms with E-state index >= 15 is 0 Å². The van der Waals surface area contributed by atoms with Crippen LogP contribution in [0.1, 0.15) is 28.8 Å². The Morgan fingerprint density at radius 3 is 2.83 bits per heavy atom. The van der Waals surface area contributed by atoms with Crippen LogP contribution in [0.3, 0.4) is 0 Å². The van der Waals surface area contributed by atoms with Gasteiger partial charge in [-0.3, -0.25) is 4.79 Å². The zero-order chi connectivity index (χ0) is 17.1. The van der Waals surface area contributed by atoms with Crippen LogP contribution in [0, 0.1) is 13.8 Å². The van der Waals surface area contributed by atoms with Crippen molar-refractivity contribution in [2.45, 2.75) is 20.0 Å². The number of hydrogen-bond donors (Lipinski definition) is 2. The lowest BCUT2D eigenvalue weighted by Crippen LogP contribution is -2.26. The number of hydrogen-bond acceptors (Lipinski definition) is 5. The van der Waals surface area contributed by atoms with E-state index in [0.29, 0.717) is 22.8 Å². The lowest BCUT2D eigenvalue weighted by atomic mass is 10.1. The molecule has 0 spiro atoms. The summed E-state index contributed by atoms with van der Waals surface area (Å²) in [5.41, 5.74) is 1.52. The maximum Gasteiger partial charge on any atom is 0.244 e. The monoisotopic (exact) mass is 329 g/mol. The topological polar surface area (TPSA) is 80.9 Å². The van der Waals surface area contributed by atoms with Gasteiger partial charge in [0, 0.05) is 18.2 Å². The van der Waals surface area contributed by atoms with Crippen molar-refractivity contribution in [1.29, 1.82) is 0 Å². The molecule has 0 bridgehead atoms. The molecule has 1 aromatic carbocycles. The largest absolute Gasteiger partial charge is 0.466 e. The van der Waals surface area contributed by atoms with E-state index in [1.165, 1.54) is 6.08 Å². The molecule has 3 rings (SSSR count). The number of nitrogens with one attached hydrogen (secondary N) is 1. The summed E-state index contributed by atoms with van der Waals surface area (Å²) in [6.45, 7) is 3.93. The molecule has 6 nitrogen and oxygen atoms in total. The quantitative estimate of drug-likeness (QED) is 0.824. The van der Waals surface area contributed by atoms with Gasteiger partial charge in [-0.25, -0.2) is 0 Å². The molecule has 0 fully saturated rings. The van der Waals surface area contributed by atoms with Crippen molar-refractivity contribution in [2.75, 3.05) is 13.3 Å². The second kappa shape index (κ2) is 6.80. The number of fused-ring (bicyclic) bond motifs is 1. The van der Waals surface area contributed by atoms with Crippen molar-refractivity contribution in [3.63, 3.8) is 0 Å². The van der Waals surface area contributed by atoms with E-state index < -0.39 is 6.10 Å². The van der Waals surface area contributed by atoms with Gasteiger partial charge < -0.3 is 24.3 Å². The third-order valence-corrected chi connectivity index (χ3v) is 3.73. The minimum absolute atomic E-state index is 0.115. The molecule has 1 unspecified atom stereocenters. The van der Waals surface area contributed by atoms with E-state index in [4.69, 9.17) is 13.9 Å². The fraction of sp³-hybridized carbons (Fsp3) is 0.278. The van der Waals surface area contributed by atoms with Gasteiger partial charge in [0.25, 0.3) is 0 Å². The summed E-state index contributed by atoms with van der Waals surface area (Å²) < 4.78 is 15.9. The SMILES string of the molecule is Cc1cc(C(O)CNC(=O)/C=C/c2ccc3c(c2)OCO3)c(C)o1. The highest BCUT2D eigenvalue weighted by Gasteiger charge is 2.15. The first-order valence-electron chi connectivity index (χ1n) is 7.63. The second-order valence-electron chi connectivity index (χ2n) is 5.58. The Balaban J connectivity index is 1.54. The van der Waals surface area contributed by atoms with E-state index in [9.17, 15) is 9.90 Å². The predicted octanol–water partition coefficient (Wildman–Crippen LogP) is 2.49. The van der Waals surface area contributed by atoms with Crippen LogP contribution < -0.4 is 14.8 Å². The molecule has 2 N–H and O–H groups in total. The standard InChI is InChI=1S/C18H19NO5/c1-11-7-14(12(2)24-11)15(20)9-19-18(21)6-4-13-3-5-16-17(8-13)23-10-22-16/h3-8,15,20H,9-10H2,1-2H3,(H,19,21)/b6-4+. The maximum absolute atomic E-state index is 11.9. The average Bonchev–Trinajstić information content (AvgIpc) is 3.15. The molecular formula is C18H19NO5. The number of furan rings is 1. The molecule has 0 aliphatic carbocycles. The summed E-state index contributed by atoms with van der Waals surface area (Å²) in [4.78, 5) is 11.9. The lowest BCUT2D eigenvalue weighted by molar-refractivity contribution is -0.116. The smallest absolute Gasteiger partial charge is 0.244 e. The van der Waals surface area contributed by atoms with Gasteiger partial charge in [-0.05, 0) is 43.7 Å². The van der Waals surface area contributed by atoms with Crippen LogP contribution in [0.5, 0.6) is 11.5 Å². The molecule has 0 saturated heterocycles. The normalized spacial score (nSPS) is 14.1. The van der Waals surface area contributed by atoms with Crippen LogP contribution >= 0.6 is 0 Å². The van der Waals surface area contributed by atoms with Crippen LogP contribution in [0.15, 0.2) is 34.8 Å². The number of aliphatic hydroxyl groups excluding tert-OH is 1. The lowest BCUT2D eigenvalue weighted by Gasteiger charge is -2.09. The number of ether oxygens (including phenoxy) is 2. The van der Waals surface area contributed by atoms with Gasteiger partial charge in [0.1, 0.15) is 11.5 Å². The third kappa shape index (κ3) is 3.60. The first-order valence-corrected chi connectivity index (χ1v) is 7.63. The predicted molar refractivity (Wildman–Crippen MR) is 87.8 cm³/mol. The van der Waals surface area contributed by atoms with Gasteiger partial charge in [0.2, 0.25) is 12.7 Å². The molecule has 2 aromatic rings. The van der Waals surface area contributed by atoms with E-state index in [1.54, 1.807) is 31.2 Å².